The molecule has 0 rings (SSSR count). The Labute approximate surface area is 169 Å². The molecule has 0 aromatic carbocycles. The van der Waals surface area contributed by atoms with E-state index in [0.717, 1.165) is 0 Å². The number of ether oxygens (including phenoxy) is 4. The molecule has 0 heterocycles. The van der Waals surface area contributed by atoms with Gasteiger partial charge in [-0.05, 0) is 41.5 Å². The Kier molecular flexibility index (Phi) is 9.84. The van der Waals surface area contributed by atoms with Crippen molar-refractivity contribution in [1.29, 1.82) is 0 Å². The van der Waals surface area contributed by atoms with Crippen LogP contribution in [0.15, 0.2) is 0 Å². The van der Waals surface area contributed by atoms with Crippen LogP contribution in [0.25, 0.3) is 0 Å². The number of hydrogen-bond acceptors (Lipinski definition) is 7. The van der Waals surface area contributed by atoms with Crippen LogP contribution in [0.3, 0.4) is 0 Å². The maximum absolute atomic E-state index is 11.9. The summed E-state index contributed by atoms with van der Waals surface area (Å²) in [6.45, 7) is 10.3. The quantitative estimate of drug-likeness (QED) is 0.210. The van der Waals surface area contributed by atoms with Crippen molar-refractivity contribution in [2.24, 2.45) is 0 Å². The second-order valence-corrected chi connectivity index (χ2v) is 8.60. The van der Waals surface area contributed by atoms with Gasteiger partial charge in [0.1, 0.15) is 11.2 Å². The molecule has 24 heavy (non-hydrogen) atoms. The first-order valence-corrected chi connectivity index (χ1v) is 10.3. The van der Waals surface area contributed by atoms with E-state index in [1.54, 1.807) is 41.5 Å². The summed E-state index contributed by atoms with van der Waals surface area (Å²) in [6, 6.07) is 0. The Morgan fingerprint density at radius 3 is 1.25 bits per heavy atom. The average Bonchev–Trinajstić information content (AvgIpc) is 2.37. The number of hydrogen-bond donors (Lipinski definition) is 0. The van der Waals surface area contributed by atoms with Gasteiger partial charge in [0.05, 0.1) is 0 Å². The maximum Gasteiger partial charge on any atom is 0.510 e. The van der Waals surface area contributed by atoms with E-state index in [4.69, 9.17) is 18.9 Å². The van der Waals surface area contributed by atoms with E-state index in [2.05, 4.69) is 0 Å². The first-order chi connectivity index (χ1) is 10.8. The van der Waals surface area contributed by atoms with Crippen molar-refractivity contribution in [3.63, 3.8) is 0 Å². The Morgan fingerprint density at radius 1 is 0.750 bits per heavy atom. The van der Waals surface area contributed by atoms with Gasteiger partial charge in [-0.25, -0.2) is 14.4 Å². The highest BCUT2D eigenvalue weighted by Crippen LogP contribution is 2.14. The molecule has 0 bridgehead atoms. The fraction of sp³-hybridized carbons (Fsp3) is 0.800. The Hall–Kier alpha value is -0.330. The first kappa shape index (κ1) is 23.7. The number of alkyl halides is 2. The minimum atomic E-state index is -1.12. The van der Waals surface area contributed by atoms with E-state index in [0.29, 0.717) is 0 Å². The van der Waals surface area contributed by atoms with Gasteiger partial charge in [-0.2, -0.15) is 0 Å². The van der Waals surface area contributed by atoms with Crippen molar-refractivity contribution in [2.75, 3.05) is 8.86 Å². The minimum absolute atomic E-state index is 0.198. The molecule has 0 fully saturated rings. The van der Waals surface area contributed by atoms with Crippen LogP contribution >= 0.6 is 45.2 Å². The summed E-state index contributed by atoms with van der Waals surface area (Å²) in [7, 11) is 0. The van der Waals surface area contributed by atoms with Crippen molar-refractivity contribution in [1.82, 2.24) is 0 Å². The van der Waals surface area contributed by atoms with Crippen LogP contribution in [-0.4, -0.2) is 50.4 Å². The average molecular weight is 570 g/mol. The van der Waals surface area contributed by atoms with Gasteiger partial charge in [-0.1, -0.05) is 45.2 Å². The van der Waals surface area contributed by atoms with E-state index in [9.17, 15) is 14.4 Å². The summed E-state index contributed by atoms with van der Waals surface area (Å²) in [5, 5.41) is 0. The molecule has 0 aliphatic heterocycles. The first-order valence-electron chi connectivity index (χ1n) is 7.24. The van der Waals surface area contributed by atoms with Crippen LogP contribution in [0.4, 0.5) is 4.79 Å². The lowest BCUT2D eigenvalue weighted by Crippen LogP contribution is -2.39. The number of halogens is 2. The molecule has 0 amide bonds. The van der Waals surface area contributed by atoms with Crippen molar-refractivity contribution in [2.45, 2.75) is 65.0 Å². The zero-order valence-corrected chi connectivity index (χ0v) is 19.0. The van der Waals surface area contributed by atoms with Crippen LogP contribution < -0.4 is 0 Å². The lowest BCUT2D eigenvalue weighted by molar-refractivity contribution is -0.168. The van der Waals surface area contributed by atoms with Gasteiger partial charge in [0, 0.05) is 8.86 Å². The molecule has 0 radical (unpaired) electrons. The summed E-state index contributed by atoms with van der Waals surface area (Å²) in [6.07, 6.45) is -3.33. The van der Waals surface area contributed by atoms with E-state index in [1.807, 2.05) is 45.2 Å². The molecule has 2 atom stereocenters. The zero-order valence-electron chi connectivity index (χ0n) is 14.7. The highest BCUT2D eigenvalue weighted by molar-refractivity contribution is 14.1. The van der Waals surface area contributed by atoms with E-state index >= 15 is 0 Å². The molecule has 0 aliphatic rings. The number of carbonyl (C=O) groups excluding carboxylic acids is 3. The van der Waals surface area contributed by atoms with Gasteiger partial charge in [0.15, 0.2) is 0 Å². The van der Waals surface area contributed by atoms with Gasteiger partial charge in [-0.15, -0.1) is 0 Å². The molecular weight excluding hydrogens is 546 g/mol. The molecule has 7 nitrogen and oxygen atoms in total. The lowest BCUT2D eigenvalue weighted by atomic mass is 10.2. The Morgan fingerprint density at radius 2 is 1.04 bits per heavy atom. The van der Waals surface area contributed by atoms with Crippen molar-refractivity contribution in [3.05, 3.63) is 0 Å². The molecule has 140 valence electrons. The lowest BCUT2D eigenvalue weighted by Gasteiger charge is -2.24. The van der Waals surface area contributed by atoms with Crippen LogP contribution in [0.2, 0.25) is 0 Å². The highest BCUT2D eigenvalue weighted by atomic mass is 127. The standard InChI is InChI=1S/C15H24I2O7/c1-14(2,3)23-11(18)9(7-16)21-13(20)22-10(8-17)12(19)24-15(4,5)6/h9-10H,7-8H2,1-6H3. The third-order valence-corrected chi connectivity index (χ3v) is 3.70. The largest absolute Gasteiger partial charge is 0.510 e. The van der Waals surface area contributed by atoms with E-state index < -0.39 is 41.5 Å². The minimum Gasteiger partial charge on any atom is -0.457 e. The van der Waals surface area contributed by atoms with Crippen molar-refractivity contribution >= 4 is 63.3 Å². The van der Waals surface area contributed by atoms with Crippen LogP contribution in [-0.2, 0) is 28.5 Å². The van der Waals surface area contributed by atoms with Crippen molar-refractivity contribution in [3.8, 4) is 0 Å². The van der Waals surface area contributed by atoms with Crippen LogP contribution in [0.5, 0.6) is 0 Å². The molecule has 0 saturated heterocycles. The fourth-order valence-electron chi connectivity index (χ4n) is 1.28. The second kappa shape index (κ2) is 9.97. The summed E-state index contributed by atoms with van der Waals surface area (Å²) in [5.41, 5.74) is -1.40. The normalized spacial score (nSPS) is 14.3. The molecule has 0 aliphatic carbocycles. The molecule has 0 N–H and O–H groups in total. The maximum atomic E-state index is 11.9. The molecule has 0 aromatic rings. The third-order valence-electron chi connectivity index (χ3n) is 2.10. The Bertz CT molecular complexity index is 412. The second-order valence-electron chi connectivity index (χ2n) is 6.84. The molecule has 0 saturated carbocycles. The van der Waals surface area contributed by atoms with Gasteiger partial charge in [0.2, 0.25) is 12.2 Å². The summed E-state index contributed by atoms with van der Waals surface area (Å²) in [5.74, 6) is -1.34. The van der Waals surface area contributed by atoms with Gasteiger partial charge in [-0.3, -0.25) is 0 Å². The molecule has 0 spiro atoms. The Balaban J connectivity index is 4.72. The summed E-state index contributed by atoms with van der Waals surface area (Å²) >= 11 is 3.79. The molecule has 0 aromatic heterocycles. The predicted octanol–water partition coefficient (Wildman–Crippen LogP) is 3.43. The number of esters is 2. The van der Waals surface area contributed by atoms with Gasteiger partial charge < -0.3 is 18.9 Å². The number of rotatable bonds is 6. The molecule has 9 heteroatoms. The third kappa shape index (κ3) is 10.5. The van der Waals surface area contributed by atoms with Gasteiger partial charge in [0.25, 0.3) is 0 Å². The summed E-state index contributed by atoms with van der Waals surface area (Å²) in [4.78, 5) is 35.8. The monoisotopic (exact) mass is 570 g/mol. The topological polar surface area (TPSA) is 88.1 Å². The van der Waals surface area contributed by atoms with E-state index in [-0.39, 0.29) is 8.86 Å². The van der Waals surface area contributed by atoms with Gasteiger partial charge >= 0.3 is 18.1 Å². The smallest absolute Gasteiger partial charge is 0.457 e. The van der Waals surface area contributed by atoms with Crippen LogP contribution in [0.1, 0.15) is 41.5 Å². The molecule has 2 unspecified atom stereocenters. The van der Waals surface area contributed by atoms with Crippen molar-refractivity contribution < 1.29 is 33.3 Å². The van der Waals surface area contributed by atoms with Crippen LogP contribution in [0, 0.1) is 0 Å². The number of carbonyl (C=O) groups is 3. The molecular formula is C15H24I2O7. The zero-order chi connectivity index (χ0) is 19.1. The highest BCUT2D eigenvalue weighted by Gasteiger charge is 2.32. The fourth-order valence-corrected chi connectivity index (χ4v) is 2.36. The predicted molar refractivity (Wildman–Crippen MR) is 105 cm³/mol. The van der Waals surface area contributed by atoms with E-state index in [1.165, 1.54) is 0 Å². The summed E-state index contributed by atoms with van der Waals surface area (Å²) < 4.78 is 20.7. The SMILES string of the molecule is CC(C)(C)OC(=O)C(CI)OC(=O)OC(CI)C(=O)OC(C)(C)C.